The summed E-state index contributed by atoms with van der Waals surface area (Å²) in [5, 5.41) is 0. The fourth-order valence-electron chi connectivity index (χ4n) is 5.06. The van der Waals surface area contributed by atoms with Crippen LogP contribution in [0.3, 0.4) is 0 Å². The molecule has 2 aliphatic rings. The molecule has 1 aliphatic carbocycles. The van der Waals surface area contributed by atoms with Gasteiger partial charge in [0.1, 0.15) is 11.5 Å². The summed E-state index contributed by atoms with van der Waals surface area (Å²) in [7, 11) is 3.25. The van der Waals surface area contributed by atoms with Crippen molar-refractivity contribution in [3.8, 4) is 11.5 Å². The zero-order valence-electron chi connectivity index (χ0n) is 19.8. The number of nitrogens with zero attached hydrogens (tertiary/aromatic N) is 2. The van der Waals surface area contributed by atoms with Crippen molar-refractivity contribution in [3.63, 3.8) is 0 Å². The van der Waals surface area contributed by atoms with Crippen LogP contribution in [0.15, 0.2) is 86.6 Å². The largest absolute Gasteiger partial charge is 0.497 e. The van der Waals surface area contributed by atoms with Crippen LogP contribution in [0, 0.1) is 0 Å². The molecular weight excluding hydrogens is 536 g/mol. The number of aryl methyl sites for hydroxylation is 1. The van der Waals surface area contributed by atoms with E-state index < -0.39 is 0 Å². The second-order valence-corrected chi connectivity index (χ2v) is 10.7. The first-order chi connectivity index (χ1) is 17.6. The molecule has 0 amide bonds. The second kappa shape index (κ2) is 9.22. The SMILES string of the molecule is COc1ccc(OC)c(/C=c2/sc3n(c2=O)[C@H](c2ccc(Br)cc2)C2=C(N=3)c3ccccc3CC2)c1. The highest BCUT2D eigenvalue weighted by Crippen LogP contribution is 2.41. The number of aromatic nitrogens is 1. The molecule has 0 saturated heterocycles. The molecule has 5 nitrogen and oxygen atoms in total. The van der Waals surface area contributed by atoms with Gasteiger partial charge in [-0.2, -0.15) is 0 Å². The highest BCUT2D eigenvalue weighted by atomic mass is 79.9. The van der Waals surface area contributed by atoms with Crippen LogP contribution >= 0.6 is 27.3 Å². The van der Waals surface area contributed by atoms with Crippen molar-refractivity contribution in [1.82, 2.24) is 4.57 Å². The molecular formula is C29H23BrN2O3S. The molecule has 3 aromatic carbocycles. The summed E-state index contributed by atoms with van der Waals surface area (Å²) in [6, 6.07) is 22.1. The predicted molar refractivity (Wildman–Crippen MR) is 146 cm³/mol. The maximum absolute atomic E-state index is 13.9. The van der Waals surface area contributed by atoms with Crippen LogP contribution in [0.2, 0.25) is 0 Å². The van der Waals surface area contributed by atoms with Gasteiger partial charge in [-0.1, -0.05) is 63.7 Å². The molecule has 4 aromatic rings. The van der Waals surface area contributed by atoms with E-state index >= 15 is 0 Å². The number of allylic oxidation sites excluding steroid dienone is 1. The molecule has 0 bridgehead atoms. The number of halogens is 1. The summed E-state index contributed by atoms with van der Waals surface area (Å²) < 4.78 is 14.4. The average Bonchev–Trinajstić information content (AvgIpc) is 3.22. The van der Waals surface area contributed by atoms with Crippen LogP contribution in [0.5, 0.6) is 11.5 Å². The predicted octanol–water partition coefficient (Wildman–Crippen LogP) is 5.10. The van der Waals surface area contributed by atoms with Gasteiger partial charge in [0.2, 0.25) is 0 Å². The first kappa shape index (κ1) is 23.0. The Balaban J connectivity index is 1.62. The van der Waals surface area contributed by atoms with Crippen molar-refractivity contribution >= 4 is 39.0 Å². The van der Waals surface area contributed by atoms with Crippen molar-refractivity contribution < 1.29 is 9.47 Å². The number of ether oxygens (including phenoxy) is 2. The van der Waals surface area contributed by atoms with E-state index in [0.717, 1.165) is 39.7 Å². The molecule has 0 radical (unpaired) electrons. The molecule has 1 atom stereocenters. The van der Waals surface area contributed by atoms with Crippen molar-refractivity contribution in [1.29, 1.82) is 0 Å². The third kappa shape index (κ3) is 3.83. The van der Waals surface area contributed by atoms with Gasteiger partial charge in [0.15, 0.2) is 4.80 Å². The summed E-state index contributed by atoms with van der Waals surface area (Å²) in [6.07, 6.45) is 3.67. The molecule has 2 heterocycles. The number of benzene rings is 3. The lowest BCUT2D eigenvalue weighted by molar-refractivity contribution is 0.402. The highest BCUT2D eigenvalue weighted by molar-refractivity contribution is 9.10. The second-order valence-electron chi connectivity index (χ2n) is 8.77. The van der Waals surface area contributed by atoms with E-state index in [9.17, 15) is 4.79 Å². The fourth-order valence-corrected chi connectivity index (χ4v) is 6.32. The van der Waals surface area contributed by atoms with Crippen LogP contribution < -0.4 is 24.4 Å². The van der Waals surface area contributed by atoms with Gasteiger partial charge in [-0.05, 0) is 65.9 Å². The van der Waals surface area contributed by atoms with E-state index in [2.05, 4.69) is 52.3 Å². The molecule has 0 spiro atoms. The van der Waals surface area contributed by atoms with Crippen LogP contribution in [0.25, 0.3) is 11.8 Å². The van der Waals surface area contributed by atoms with Crippen molar-refractivity contribution in [2.24, 2.45) is 4.99 Å². The third-order valence-electron chi connectivity index (χ3n) is 6.78. The first-order valence-corrected chi connectivity index (χ1v) is 13.3. The lowest BCUT2D eigenvalue weighted by atomic mass is 9.83. The minimum absolute atomic E-state index is 0.0537. The normalized spacial score (nSPS) is 16.6. The monoisotopic (exact) mass is 558 g/mol. The Morgan fingerprint density at radius 3 is 2.61 bits per heavy atom. The molecule has 7 heteroatoms. The Labute approximate surface area is 220 Å². The van der Waals surface area contributed by atoms with E-state index in [1.807, 2.05) is 41.0 Å². The van der Waals surface area contributed by atoms with Gasteiger partial charge in [-0.15, -0.1) is 0 Å². The van der Waals surface area contributed by atoms with Crippen LogP contribution in [-0.2, 0) is 6.42 Å². The van der Waals surface area contributed by atoms with E-state index in [1.165, 1.54) is 22.5 Å². The molecule has 0 fully saturated rings. The Kier molecular flexibility index (Phi) is 5.90. The Hall–Kier alpha value is -3.42. The highest BCUT2D eigenvalue weighted by Gasteiger charge is 2.32. The number of thiazole rings is 1. The number of hydrogen-bond donors (Lipinski definition) is 0. The summed E-state index contributed by atoms with van der Waals surface area (Å²) >= 11 is 4.96. The molecule has 1 aromatic heterocycles. The van der Waals surface area contributed by atoms with Gasteiger partial charge in [-0.3, -0.25) is 9.36 Å². The minimum Gasteiger partial charge on any atom is -0.497 e. The minimum atomic E-state index is -0.202. The number of fused-ring (bicyclic) bond motifs is 3. The number of rotatable bonds is 4. The Bertz CT molecular complexity index is 1700. The van der Waals surface area contributed by atoms with Crippen molar-refractivity contribution in [3.05, 3.63) is 119 Å². The lowest BCUT2D eigenvalue weighted by Gasteiger charge is -2.30. The summed E-state index contributed by atoms with van der Waals surface area (Å²) in [4.78, 5) is 19.7. The lowest BCUT2D eigenvalue weighted by Crippen LogP contribution is -2.38. The van der Waals surface area contributed by atoms with E-state index in [0.29, 0.717) is 20.8 Å². The quantitative estimate of drug-likeness (QED) is 0.350. The van der Waals surface area contributed by atoms with Gasteiger partial charge in [0.05, 0.1) is 30.5 Å². The number of hydrogen-bond acceptors (Lipinski definition) is 5. The zero-order valence-corrected chi connectivity index (χ0v) is 22.2. The standard InChI is InChI=1S/C29H23BrN2O3S/c1-34-21-12-14-24(35-2)19(15-21)16-25-28(33)32-27(18-7-10-20(30)11-8-18)23-13-9-17-5-3-4-6-22(17)26(23)31-29(32)36-25/h3-8,10-12,14-16,27H,9,13H2,1-2H3/b25-16+/t27-/m1/s1. The number of methoxy groups -OCH3 is 2. The Morgan fingerprint density at radius 2 is 1.83 bits per heavy atom. The fraction of sp³-hybridized carbons (Fsp3) is 0.172. The molecule has 1 aliphatic heterocycles. The van der Waals surface area contributed by atoms with Gasteiger partial charge in [0, 0.05) is 15.6 Å². The van der Waals surface area contributed by atoms with Crippen LogP contribution in [0.4, 0.5) is 0 Å². The first-order valence-electron chi connectivity index (χ1n) is 11.7. The summed E-state index contributed by atoms with van der Waals surface area (Å²) in [5.41, 5.74) is 6.46. The molecule has 0 saturated carbocycles. The van der Waals surface area contributed by atoms with Gasteiger partial charge in [-0.25, -0.2) is 4.99 Å². The van der Waals surface area contributed by atoms with Crippen LogP contribution in [-0.4, -0.2) is 18.8 Å². The van der Waals surface area contributed by atoms with E-state index in [-0.39, 0.29) is 11.6 Å². The van der Waals surface area contributed by atoms with Gasteiger partial charge >= 0.3 is 0 Å². The maximum Gasteiger partial charge on any atom is 0.271 e. The van der Waals surface area contributed by atoms with Crippen molar-refractivity contribution in [2.75, 3.05) is 14.2 Å². The van der Waals surface area contributed by atoms with Crippen LogP contribution in [0.1, 0.15) is 34.7 Å². The van der Waals surface area contributed by atoms with Gasteiger partial charge < -0.3 is 9.47 Å². The third-order valence-corrected chi connectivity index (χ3v) is 8.29. The zero-order chi connectivity index (χ0) is 24.8. The van der Waals surface area contributed by atoms with Gasteiger partial charge in [0.25, 0.3) is 5.56 Å². The average molecular weight is 559 g/mol. The molecule has 0 N–H and O–H groups in total. The molecule has 180 valence electrons. The van der Waals surface area contributed by atoms with E-state index in [4.69, 9.17) is 14.5 Å². The summed E-state index contributed by atoms with van der Waals surface area (Å²) in [5.74, 6) is 1.38. The summed E-state index contributed by atoms with van der Waals surface area (Å²) in [6.45, 7) is 0. The molecule has 36 heavy (non-hydrogen) atoms. The smallest absolute Gasteiger partial charge is 0.271 e. The van der Waals surface area contributed by atoms with Crippen molar-refractivity contribution in [2.45, 2.75) is 18.9 Å². The molecule has 0 unspecified atom stereocenters. The topological polar surface area (TPSA) is 52.8 Å². The molecule has 6 rings (SSSR count). The maximum atomic E-state index is 13.9. The van der Waals surface area contributed by atoms with E-state index in [1.54, 1.807) is 14.2 Å². The Morgan fingerprint density at radius 1 is 1.03 bits per heavy atom.